The van der Waals surface area contributed by atoms with Crippen LogP contribution in [-0.2, 0) is 9.53 Å². The number of hydrogen-bond donors (Lipinski definition) is 0. The van der Waals surface area contributed by atoms with E-state index in [0.29, 0.717) is 6.42 Å². The Hall–Kier alpha value is 0.910. The third-order valence-electron chi connectivity index (χ3n) is 4.38. The highest BCUT2D eigenvalue weighted by Gasteiger charge is 2.19. The van der Waals surface area contributed by atoms with Crippen molar-refractivity contribution >= 4 is 53.8 Å². The predicted molar refractivity (Wildman–Crippen MR) is 120 cm³/mol. The number of esters is 1. The second-order valence-corrected chi connectivity index (χ2v) is 14.2. The molecule has 25 heavy (non-hydrogen) atoms. The van der Waals surface area contributed by atoms with E-state index < -0.39 is 2.14 Å². The van der Waals surface area contributed by atoms with E-state index >= 15 is 0 Å². The molecular formula is C20H37Br3O2. The van der Waals surface area contributed by atoms with Crippen molar-refractivity contribution < 1.29 is 9.53 Å². The summed E-state index contributed by atoms with van der Waals surface area (Å²) < 4.78 is 4.66. The summed E-state index contributed by atoms with van der Waals surface area (Å²) in [7, 11) is 0. The van der Waals surface area contributed by atoms with Gasteiger partial charge in [0.15, 0.2) is 2.14 Å². The molecule has 0 rings (SSSR count). The monoisotopic (exact) mass is 546 g/mol. The first-order valence-corrected chi connectivity index (χ1v) is 12.6. The zero-order valence-corrected chi connectivity index (χ0v) is 20.7. The van der Waals surface area contributed by atoms with Crippen LogP contribution in [0.15, 0.2) is 0 Å². The summed E-state index contributed by atoms with van der Waals surface area (Å²) in [6.07, 6.45) is 20.6. The zero-order valence-electron chi connectivity index (χ0n) is 16.0. The van der Waals surface area contributed by atoms with Crippen LogP contribution in [0.25, 0.3) is 0 Å². The molecule has 0 aromatic heterocycles. The minimum Gasteiger partial charge on any atom is -0.462 e. The lowest BCUT2D eigenvalue weighted by Gasteiger charge is -2.12. The van der Waals surface area contributed by atoms with E-state index in [1.165, 1.54) is 83.5 Å². The van der Waals surface area contributed by atoms with Gasteiger partial charge in [-0.05, 0) is 6.42 Å². The maximum Gasteiger partial charge on any atom is 0.305 e. The van der Waals surface area contributed by atoms with E-state index in [1.54, 1.807) is 0 Å². The van der Waals surface area contributed by atoms with Gasteiger partial charge >= 0.3 is 5.97 Å². The summed E-state index contributed by atoms with van der Waals surface area (Å²) in [5.74, 6) is -0.114. The van der Waals surface area contributed by atoms with Gasteiger partial charge in [-0.3, -0.25) is 4.79 Å². The van der Waals surface area contributed by atoms with Gasteiger partial charge in [0.1, 0.15) is 6.61 Å². The summed E-state index contributed by atoms with van der Waals surface area (Å²) >= 11 is 9.94. The Bertz CT molecular complexity index is 304. The van der Waals surface area contributed by atoms with Crippen molar-refractivity contribution in [2.75, 3.05) is 6.61 Å². The van der Waals surface area contributed by atoms with E-state index in [1.807, 2.05) is 0 Å². The standard InChI is InChI=1S/C20H37Br3O2/c1-2-3-4-5-6-7-8-9-10-11-12-13-14-15-16-17-19(24)25-18-20(21,22)23/h2-18H2,1H3. The molecule has 0 radical (unpaired) electrons. The molecule has 0 aromatic rings. The van der Waals surface area contributed by atoms with Crippen LogP contribution in [0.1, 0.15) is 110 Å². The SMILES string of the molecule is CCCCCCCCCCCCCCCCCC(=O)OCC(Br)(Br)Br. The van der Waals surface area contributed by atoms with Crippen molar-refractivity contribution in [2.24, 2.45) is 0 Å². The number of alkyl halides is 3. The van der Waals surface area contributed by atoms with Crippen molar-refractivity contribution in [1.82, 2.24) is 0 Å². The third kappa shape index (κ3) is 22.9. The average Bonchev–Trinajstić information content (AvgIpc) is 2.56. The Morgan fingerprint density at radius 2 is 1.04 bits per heavy atom. The van der Waals surface area contributed by atoms with Crippen LogP contribution in [-0.4, -0.2) is 14.7 Å². The fourth-order valence-electron chi connectivity index (χ4n) is 2.88. The number of halogens is 3. The number of rotatable bonds is 17. The first-order chi connectivity index (χ1) is 12.0. The quantitative estimate of drug-likeness (QED) is 0.103. The number of hydrogen-bond acceptors (Lipinski definition) is 2. The Kier molecular flexibility index (Phi) is 18.9. The van der Waals surface area contributed by atoms with Crippen LogP contribution >= 0.6 is 47.8 Å². The molecule has 0 fully saturated rings. The van der Waals surface area contributed by atoms with Crippen molar-refractivity contribution in [2.45, 2.75) is 112 Å². The lowest BCUT2D eigenvalue weighted by atomic mass is 10.0. The van der Waals surface area contributed by atoms with Crippen LogP contribution < -0.4 is 0 Å². The lowest BCUT2D eigenvalue weighted by molar-refractivity contribution is -0.143. The topological polar surface area (TPSA) is 26.3 Å². The van der Waals surface area contributed by atoms with Gasteiger partial charge in [0, 0.05) is 6.42 Å². The van der Waals surface area contributed by atoms with Gasteiger partial charge in [-0.25, -0.2) is 0 Å². The molecule has 150 valence electrons. The van der Waals surface area contributed by atoms with E-state index in [4.69, 9.17) is 4.74 Å². The number of unbranched alkanes of at least 4 members (excludes halogenated alkanes) is 14. The molecule has 2 nitrogen and oxygen atoms in total. The number of ether oxygens (including phenoxy) is 1. The average molecular weight is 549 g/mol. The Morgan fingerprint density at radius 1 is 0.680 bits per heavy atom. The molecule has 0 bridgehead atoms. The summed E-state index contributed by atoms with van der Waals surface area (Å²) in [6.45, 7) is 2.56. The van der Waals surface area contributed by atoms with Gasteiger partial charge < -0.3 is 4.74 Å². The Labute approximate surface area is 181 Å². The van der Waals surface area contributed by atoms with Crippen LogP contribution in [0.3, 0.4) is 0 Å². The van der Waals surface area contributed by atoms with E-state index in [-0.39, 0.29) is 12.6 Å². The normalized spacial score (nSPS) is 11.7. The molecule has 0 unspecified atom stereocenters. The Balaban J connectivity index is 3.15. The van der Waals surface area contributed by atoms with Crippen molar-refractivity contribution in [3.63, 3.8) is 0 Å². The number of carbonyl (C=O) groups excluding carboxylic acids is 1. The predicted octanol–water partition coefficient (Wildman–Crippen LogP) is 8.63. The van der Waals surface area contributed by atoms with Gasteiger partial charge in [0.2, 0.25) is 0 Å². The van der Waals surface area contributed by atoms with Crippen molar-refractivity contribution in [3.8, 4) is 0 Å². The van der Waals surface area contributed by atoms with Gasteiger partial charge in [-0.1, -0.05) is 145 Å². The lowest BCUT2D eigenvalue weighted by Crippen LogP contribution is -2.15. The smallest absolute Gasteiger partial charge is 0.305 e. The zero-order chi connectivity index (χ0) is 18.8. The molecule has 0 aromatic carbocycles. The molecule has 0 aliphatic carbocycles. The summed E-state index contributed by atoms with van der Waals surface area (Å²) in [4.78, 5) is 11.5. The largest absolute Gasteiger partial charge is 0.462 e. The van der Waals surface area contributed by atoms with E-state index in [0.717, 1.165) is 12.8 Å². The number of carbonyl (C=O) groups is 1. The molecule has 0 N–H and O–H groups in total. The fourth-order valence-corrected chi connectivity index (χ4v) is 3.22. The first kappa shape index (κ1) is 25.9. The molecule has 5 heteroatoms. The molecule has 0 amide bonds. The molecule has 0 heterocycles. The second-order valence-electron chi connectivity index (χ2n) is 6.98. The minimum absolute atomic E-state index is 0.114. The molecular weight excluding hydrogens is 512 g/mol. The Morgan fingerprint density at radius 3 is 1.40 bits per heavy atom. The highest BCUT2D eigenvalue weighted by molar-refractivity contribution is 9.39. The van der Waals surface area contributed by atoms with Crippen LogP contribution in [0, 0.1) is 0 Å². The summed E-state index contributed by atoms with van der Waals surface area (Å²) in [5.41, 5.74) is 0. The summed E-state index contributed by atoms with van der Waals surface area (Å²) in [5, 5.41) is 0. The first-order valence-electron chi connectivity index (χ1n) is 10.2. The highest BCUT2D eigenvalue weighted by Crippen LogP contribution is 2.33. The third-order valence-corrected chi connectivity index (χ3v) is 5.07. The van der Waals surface area contributed by atoms with Gasteiger partial charge in [-0.2, -0.15) is 0 Å². The minimum atomic E-state index is -0.488. The molecule has 0 aliphatic heterocycles. The summed E-state index contributed by atoms with van der Waals surface area (Å²) in [6, 6.07) is 0. The fraction of sp³-hybridized carbons (Fsp3) is 0.950. The second kappa shape index (κ2) is 18.3. The van der Waals surface area contributed by atoms with Crippen molar-refractivity contribution in [1.29, 1.82) is 0 Å². The van der Waals surface area contributed by atoms with Gasteiger partial charge in [0.05, 0.1) is 0 Å². The van der Waals surface area contributed by atoms with Crippen LogP contribution in [0.5, 0.6) is 0 Å². The molecule has 0 atom stereocenters. The van der Waals surface area contributed by atoms with Gasteiger partial charge in [-0.15, -0.1) is 0 Å². The van der Waals surface area contributed by atoms with E-state index in [9.17, 15) is 4.79 Å². The van der Waals surface area contributed by atoms with Crippen molar-refractivity contribution in [3.05, 3.63) is 0 Å². The van der Waals surface area contributed by atoms with E-state index in [2.05, 4.69) is 54.7 Å². The molecule has 0 aliphatic rings. The highest BCUT2D eigenvalue weighted by atomic mass is 80.0. The van der Waals surface area contributed by atoms with Crippen LogP contribution in [0.2, 0.25) is 0 Å². The van der Waals surface area contributed by atoms with Gasteiger partial charge in [0.25, 0.3) is 0 Å². The molecule has 0 saturated carbocycles. The molecule has 0 spiro atoms. The maximum absolute atomic E-state index is 11.5. The van der Waals surface area contributed by atoms with Crippen LogP contribution in [0.4, 0.5) is 0 Å². The maximum atomic E-state index is 11.5. The molecule has 0 saturated heterocycles.